The van der Waals surface area contributed by atoms with E-state index in [0.717, 1.165) is 13.2 Å². The molecule has 0 saturated carbocycles. The van der Waals surface area contributed by atoms with Crippen LogP contribution in [0, 0.1) is 5.92 Å². The third-order valence-electron chi connectivity index (χ3n) is 4.74. The molecule has 0 aliphatic carbocycles. The van der Waals surface area contributed by atoms with E-state index < -0.39 is 0 Å². The summed E-state index contributed by atoms with van der Waals surface area (Å²) in [6.45, 7) is 11.2. The van der Waals surface area contributed by atoms with Crippen LogP contribution < -0.4 is 0 Å². The maximum absolute atomic E-state index is 5.61. The molecule has 0 aliphatic rings. The summed E-state index contributed by atoms with van der Waals surface area (Å²) in [5.41, 5.74) is 0. The Morgan fingerprint density at radius 1 is 0.520 bits per heavy atom. The normalized spacial score (nSPS) is 12.6. The molecule has 0 aromatic rings. The molecule has 3 heteroatoms. The van der Waals surface area contributed by atoms with Gasteiger partial charge in [-0.3, -0.25) is 0 Å². The van der Waals surface area contributed by atoms with Gasteiger partial charge in [0.05, 0.1) is 26.4 Å². The van der Waals surface area contributed by atoms with Crippen LogP contribution >= 0.6 is 0 Å². The number of unbranched alkanes of at least 4 members (excludes halogenated alkanes) is 10. The summed E-state index contributed by atoms with van der Waals surface area (Å²) in [4.78, 5) is 0. The summed E-state index contributed by atoms with van der Waals surface area (Å²) < 4.78 is 16.7. The molecule has 0 aromatic heterocycles. The smallest absolute Gasteiger partial charge is 0.0701 e. The molecule has 1 unspecified atom stereocenters. The van der Waals surface area contributed by atoms with Gasteiger partial charge in [-0.2, -0.15) is 0 Å². The fourth-order valence-electron chi connectivity index (χ4n) is 2.71. The van der Waals surface area contributed by atoms with E-state index in [0.29, 0.717) is 32.3 Å². The van der Waals surface area contributed by atoms with Crippen LogP contribution in [0.5, 0.6) is 0 Å². The lowest BCUT2D eigenvalue weighted by molar-refractivity contribution is 0.00771. The third-order valence-corrected chi connectivity index (χ3v) is 4.74. The number of ether oxygens (including phenoxy) is 3. The van der Waals surface area contributed by atoms with Gasteiger partial charge in [0, 0.05) is 13.2 Å². The molecule has 1 atom stereocenters. The Labute approximate surface area is 158 Å². The van der Waals surface area contributed by atoms with E-state index in [2.05, 4.69) is 20.8 Å². The summed E-state index contributed by atoms with van der Waals surface area (Å²) in [6.07, 6.45) is 16.3. The van der Waals surface area contributed by atoms with Gasteiger partial charge in [-0.1, -0.05) is 91.4 Å². The first-order chi connectivity index (χ1) is 12.3. The van der Waals surface area contributed by atoms with Crippen LogP contribution in [-0.4, -0.2) is 39.6 Å². The van der Waals surface area contributed by atoms with E-state index >= 15 is 0 Å². The first kappa shape index (κ1) is 24.9. The van der Waals surface area contributed by atoms with E-state index in [9.17, 15) is 0 Å². The van der Waals surface area contributed by atoms with Gasteiger partial charge in [0.1, 0.15) is 0 Å². The van der Waals surface area contributed by atoms with Crippen LogP contribution in [0.4, 0.5) is 0 Å². The van der Waals surface area contributed by atoms with Crippen LogP contribution in [0.3, 0.4) is 0 Å². The summed E-state index contributed by atoms with van der Waals surface area (Å²) in [7, 11) is 0. The molecule has 0 N–H and O–H groups in total. The molecule has 25 heavy (non-hydrogen) atoms. The Balaban J connectivity index is 2.98. The molecule has 0 amide bonds. The predicted octanol–water partition coefficient (Wildman–Crippen LogP) is 6.39. The zero-order valence-corrected chi connectivity index (χ0v) is 17.5. The Kier molecular flexibility index (Phi) is 21.8. The van der Waals surface area contributed by atoms with E-state index in [-0.39, 0.29) is 0 Å². The summed E-state index contributed by atoms with van der Waals surface area (Å²) in [6, 6.07) is 0. The second kappa shape index (κ2) is 21.9. The first-order valence-electron chi connectivity index (χ1n) is 11.0. The number of hydrogen-bond acceptors (Lipinski definition) is 3. The second-order valence-electron chi connectivity index (χ2n) is 7.35. The SMILES string of the molecule is CCCCCCCCCCCCCOCCOCCOCC(C)CC. The fourth-order valence-corrected chi connectivity index (χ4v) is 2.71. The van der Waals surface area contributed by atoms with Gasteiger partial charge in [0.25, 0.3) is 0 Å². The summed E-state index contributed by atoms with van der Waals surface area (Å²) in [5.74, 6) is 0.647. The van der Waals surface area contributed by atoms with Crippen molar-refractivity contribution in [3.63, 3.8) is 0 Å². The third kappa shape index (κ3) is 21.8. The minimum absolute atomic E-state index is 0.647. The molecular weight excluding hydrogens is 312 g/mol. The van der Waals surface area contributed by atoms with Crippen molar-refractivity contribution >= 4 is 0 Å². The molecule has 152 valence electrons. The van der Waals surface area contributed by atoms with Gasteiger partial charge >= 0.3 is 0 Å². The molecular formula is C22H46O3. The highest BCUT2D eigenvalue weighted by Gasteiger charge is 1.98. The molecule has 0 rings (SSSR count). The second-order valence-corrected chi connectivity index (χ2v) is 7.35. The van der Waals surface area contributed by atoms with E-state index in [1.807, 2.05) is 0 Å². The molecule has 0 fully saturated rings. The number of rotatable bonds is 21. The van der Waals surface area contributed by atoms with Gasteiger partial charge in [-0.05, 0) is 12.3 Å². The van der Waals surface area contributed by atoms with Crippen molar-refractivity contribution in [2.24, 2.45) is 5.92 Å². The Hall–Kier alpha value is -0.120. The van der Waals surface area contributed by atoms with Crippen LogP contribution in [0.1, 0.15) is 97.8 Å². The maximum atomic E-state index is 5.61. The molecule has 0 spiro atoms. The predicted molar refractivity (Wildman–Crippen MR) is 108 cm³/mol. The highest BCUT2D eigenvalue weighted by atomic mass is 16.5. The van der Waals surface area contributed by atoms with Crippen molar-refractivity contribution in [1.82, 2.24) is 0 Å². The van der Waals surface area contributed by atoms with E-state index in [1.165, 1.54) is 77.0 Å². The highest BCUT2D eigenvalue weighted by Crippen LogP contribution is 2.11. The summed E-state index contributed by atoms with van der Waals surface area (Å²) in [5, 5.41) is 0. The fraction of sp³-hybridized carbons (Fsp3) is 1.00. The molecule has 0 radical (unpaired) electrons. The summed E-state index contributed by atoms with van der Waals surface area (Å²) >= 11 is 0. The highest BCUT2D eigenvalue weighted by molar-refractivity contribution is 4.48. The first-order valence-corrected chi connectivity index (χ1v) is 11.0. The molecule has 3 nitrogen and oxygen atoms in total. The van der Waals surface area contributed by atoms with Gasteiger partial charge < -0.3 is 14.2 Å². The van der Waals surface area contributed by atoms with Gasteiger partial charge in [0.15, 0.2) is 0 Å². The van der Waals surface area contributed by atoms with E-state index in [4.69, 9.17) is 14.2 Å². The monoisotopic (exact) mass is 358 g/mol. The minimum Gasteiger partial charge on any atom is -0.379 e. The van der Waals surface area contributed by atoms with Crippen LogP contribution in [0.2, 0.25) is 0 Å². The quantitative estimate of drug-likeness (QED) is 0.222. The zero-order chi connectivity index (χ0) is 18.4. The van der Waals surface area contributed by atoms with Crippen molar-refractivity contribution in [3.05, 3.63) is 0 Å². The Bertz CT molecular complexity index is 233. The van der Waals surface area contributed by atoms with Crippen LogP contribution in [0.25, 0.3) is 0 Å². The lowest BCUT2D eigenvalue weighted by Gasteiger charge is -2.10. The average molecular weight is 359 g/mol. The minimum atomic E-state index is 0.647. The Morgan fingerprint density at radius 2 is 0.960 bits per heavy atom. The van der Waals surface area contributed by atoms with Crippen molar-refractivity contribution in [1.29, 1.82) is 0 Å². The molecule has 0 aliphatic heterocycles. The van der Waals surface area contributed by atoms with E-state index in [1.54, 1.807) is 0 Å². The van der Waals surface area contributed by atoms with Crippen molar-refractivity contribution in [3.8, 4) is 0 Å². The Morgan fingerprint density at radius 3 is 1.48 bits per heavy atom. The van der Waals surface area contributed by atoms with Crippen molar-refractivity contribution in [2.75, 3.05) is 39.6 Å². The van der Waals surface area contributed by atoms with Gasteiger partial charge in [-0.15, -0.1) is 0 Å². The molecule has 0 aromatic carbocycles. The van der Waals surface area contributed by atoms with Crippen molar-refractivity contribution in [2.45, 2.75) is 97.8 Å². The topological polar surface area (TPSA) is 27.7 Å². The molecule has 0 heterocycles. The van der Waals surface area contributed by atoms with Crippen molar-refractivity contribution < 1.29 is 14.2 Å². The lowest BCUT2D eigenvalue weighted by atomic mass is 10.1. The lowest BCUT2D eigenvalue weighted by Crippen LogP contribution is -2.12. The van der Waals surface area contributed by atoms with Crippen LogP contribution in [0.15, 0.2) is 0 Å². The standard InChI is InChI=1S/C22H46O3/c1-4-6-7-8-9-10-11-12-13-14-15-16-23-17-18-24-19-20-25-21-22(3)5-2/h22H,4-21H2,1-3H3. The zero-order valence-electron chi connectivity index (χ0n) is 17.5. The largest absolute Gasteiger partial charge is 0.379 e. The van der Waals surface area contributed by atoms with Gasteiger partial charge in [-0.25, -0.2) is 0 Å². The van der Waals surface area contributed by atoms with Gasteiger partial charge in [0.2, 0.25) is 0 Å². The average Bonchev–Trinajstić information content (AvgIpc) is 2.63. The van der Waals surface area contributed by atoms with Crippen LogP contribution in [-0.2, 0) is 14.2 Å². The number of hydrogen-bond donors (Lipinski definition) is 0. The maximum Gasteiger partial charge on any atom is 0.0701 e. The molecule has 0 bridgehead atoms. The molecule has 0 saturated heterocycles.